The van der Waals surface area contributed by atoms with Crippen LogP contribution in [0.5, 0.6) is 0 Å². The van der Waals surface area contributed by atoms with Gasteiger partial charge >= 0.3 is 0 Å². The first-order chi connectivity index (χ1) is 7.04. The maximum Gasteiger partial charge on any atom is 0.263 e. The number of hydrogen-bond acceptors (Lipinski definition) is 3. The number of amides is 1. The number of rotatable bonds is 4. The minimum atomic E-state index is -0.00843. The molecule has 15 heavy (non-hydrogen) atoms. The number of alkyl halides is 1. The number of halogens is 1. The summed E-state index contributed by atoms with van der Waals surface area (Å²) < 4.78 is 0. The minimum Gasteiger partial charge on any atom is -0.351 e. The van der Waals surface area contributed by atoms with E-state index in [1.807, 2.05) is 13.8 Å². The van der Waals surface area contributed by atoms with Gasteiger partial charge in [-0.05, 0) is 19.8 Å². The molecular weight excluding hydrogens is 276 g/mol. The van der Waals surface area contributed by atoms with Crippen molar-refractivity contribution < 1.29 is 4.79 Å². The number of aromatic nitrogens is 1. The molecule has 1 atom stereocenters. The summed E-state index contributed by atoms with van der Waals surface area (Å²) in [5, 5.41) is 4.74. The average molecular weight is 291 g/mol. The number of aryl methyl sites for hydroxylation is 2. The largest absolute Gasteiger partial charge is 0.351 e. The lowest BCUT2D eigenvalue weighted by Gasteiger charge is -2.08. The predicted octanol–water partition coefficient (Wildman–Crippen LogP) is 2.52. The fourth-order valence-corrected chi connectivity index (χ4v) is 2.21. The Bertz CT molecular complexity index is 351. The summed E-state index contributed by atoms with van der Waals surface area (Å²) >= 11 is 4.83. The van der Waals surface area contributed by atoms with Gasteiger partial charge in [-0.3, -0.25) is 4.79 Å². The summed E-state index contributed by atoms with van der Waals surface area (Å²) in [6.45, 7) is 6.56. The highest BCUT2D eigenvalue weighted by Crippen LogP contribution is 2.16. The smallest absolute Gasteiger partial charge is 0.263 e. The Kier molecular flexibility index (Phi) is 4.73. The van der Waals surface area contributed by atoms with Gasteiger partial charge in [-0.2, -0.15) is 0 Å². The molecule has 1 aromatic heterocycles. The van der Waals surface area contributed by atoms with Crippen molar-refractivity contribution in [2.75, 3.05) is 11.9 Å². The molecule has 0 spiro atoms. The molecule has 1 N–H and O–H groups in total. The number of nitrogens with one attached hydrogen (secondary N) is 1. The zero-order chi connectivity index (χ0) is 11.4. The highest BCUT2D eigenvalue weighted by molar-refractivity contribution is 9.09. The van der Waals surface area contributed by atoms with Crippen molar-refractivity contribution in [3.8, 4) is 0 Å². The van der Waals surface area contributed by atoms with Crippen LogP contribution in [0.2, 0.25) is 0 Å². The van der Waals surface area contributed by atoms with Crippen LogP contribution in [0.15, 0.2) is 0 Å². The molecule has 1 heterocycles. The van der Waals surface area contributed by atoms with Crippen molar-refractivity contribution in [1.29, 1.82) is 0 Å². The molecule has 1 rings (SSSR count). The molecule has 3 nitrogen and oxygen atoms in total. The van der Waals surface area contributed by atoms with Gasteiger partial charge in [0.25, 0.3) is 5.91 Å². The van der Waals surface area contributed by atoms with E-state index >= 15 is 0 Å². The molecule has 5 heteroatoms. The fourth-order valence-electron chi connectivity index (χ4n) is 1.14. The lowest BCUT2D eigenvalue weighted by atomic mass is 10.2. The van der Waals surface area contributed by atoms with Gasteiger partial charge < -0.3 is 5.32 Å². The molecule has 84 valence electrons. The third-order valence-electron chi connectivity index (χ3n) is 1.98. The summed E-state index contributed by atoms with van der Waals surface area (Å²) in [7, 11) is 0. The summed E-state index contributed by atoms with van der Waals surface area (Å²) in [4.78, 5) is 16.7. The molecule has 0 aliphatic rings. The van der Waals surface area contributed by atoms with Crippen LogP contribution in [0.25, 0.3) is 0 Å². The van der Waals surface area contributed by atoms with Gasteiger partial charge in [0.2, 0.25) is 0 Å². The summed E-state index contributed by atoms with van der Waals surface area (Å²) in [6.07, 6.45) is 0. The Balaban J connectivity index is 2.58. The SMILES string of the molecule is Cc1nc(C)c(C(=O)NCC(C)CBr)s1. The first kappa shape index (κ1) is 12.6. The van der Waals surface area contributed by atoms with E-state index in [1.54, 1.807) is 0 Å². The molecule has 0 fully saturated rings. The molecule has 0 saturated heterocycles. The second-order valence-electron chi connectivity index (χ2n) is 3.62. The van der Waals surface area contributed by atoms with Gasteiger partial charge in [-0.25, -0.2) is 4.98 Å². The van der Waals surface area contributed by atoms with Crippen molar-refractivity contribution in [1.82, 2.24) is 10.3 Å². The third kappa shape index (κ3) is 3.57. The van der Waals surface area contributed by atoms with Gasteiger partial charge in [0.05, 0.1) is 10.7 Å². The average Bonchev–Trinajstić information content (AvgIpc) is 2.53. The van der Waals surface area contributed by atoms with Crippen LogP contribution < -0.4 is 5.32 Å². The number of nitrogens with zero attached hydrogens (tertiary/aromatic N) is 1. The predicted molar refractivity (Wildman–Crippen MR) is 66.9 cm³/mol. The van der Waals surface area contributed by atoms with Gasteiger partial charge in [-0.1, -0.05) is 22.9 Å². The lowest BCUT2D eigenvalue weighted by Crippen LogP contribution is -2.28. The van der Waals surface area contributed by atoms with Crippen molar-refractivity contribution in [2.45, 2.75) is 20.8 Å². The number of carbonyl (C=O) groups is 1. The Hall–Kier alpha value is -0.420. The minimum absolute atomic E-state index is 0.00843. The van der Waals surface area contributed by atoms with Gasteiger partial charge in [0.1, 0.15) is 4.88 Å². The number of carbonyl (C=O) groups excluding carboxylic acids is 1. The monoisotopic (exact) mass is 290 g/mol. The third-order valence-corrected chi connectivity index (χ3v) is 4.16. The molecule has 0 bridgehead atoms. The van der Waals surface area contributed by atoms with Crippen molar-refractivity contribution in [2.24, 2.45) is 5.92 Å². The van der Waals surface area contributed by atoms with Crippen molar-refractivity contribution >= 4 is 33.2 Å². The summed E-state index contributed by atoms with van der Waals surface area (Å²) in [5.74, 6) is 0.439. The molecule has 1 unspecified atom stereocenters. The highest BCUT2D eigenvalue weighted by atomic mass is 79.9. The van der Waals surface area contributed by atoms with Crippen LogP contribution in [-0.4, -0.2) is 22.8 Å². The van der Waals surface area contributed by atoms with Crippen LogP contribution >= 0.6 is 27.3 Å². The van der Waals surface area contributed by atoms with Crippen LogP contribution in [0, 0.1) is 19.8 Å². The summed E-state index contributed by atoms with van der Waals surface area (Å²) in [6, 6.07) is 0. The van der Waals surface area contributed by atoms with E-state index in [2.05, 4.69) is 33.2 Å². The van der Waals surface area contributed by atoms with Gasteiger partial charge in [-0.15, -0.1) is 11.3 Å². The standard InChI is InChI=1S/C10H15BrN2OS/c1-6(4-11)5-12-10(14)9-7(2)13-8(3)15-9/h6H,4-5H2,1-3H3,(H,12,14). The Morgan fingerprint density at radius 2 is 2.27 bits per heavy atom. The van der Waals surface area contributed by atoms with Crippen LogP contribution in [0.1, 0.15) is 27.3 Å². The molecule has 0 radical (unpaired) electrons. The molecule has 0 aliphatic carbocycles. The van der Waals surface area contributed by atoms with Crippen LogP contribution in [0.3, 0.4) is 0 Å². The van der Waals surface area contributed by atoms with E-state index in [9.17, 15) is 4.79 Å². The fraction of sp³-hybridized carbons (Fsp3) is 0.600. The lowest BCUT2D eigenvalue weighted by molar-refractivity contribution is 0.0952. The molecule has 0 aromatic carbocycles. The topological polar surface area (TPSA) is 42.0 Å². The maximum atomic E-state index is 11.7. The second kappa shape index (κ2) is 5.61. The van der Waals surface area contributed by atoms with Gasteiger partial charge in [0.15, 0.2) is 0 Å². The van der Waals surface area contributed by atoms with E-state index < -0.39 is 0 Å². The van der Waals surface area contributed by atoms with Crippen molar-refractivity contribution in [3.05, 3.63) is 15.6 Å². The van der Waals surface area contributed by atoms with Crippen LogP contribution in [-0.2, 0) is 0 Å². The first-order valence-electron chi connectivity index (χ1n) is 4.82. The molecule has 1 aromatic rings. The molecule has 0 aliphatic heterocycles. The normalized spacial score (nSPS) is 12.5. The summed E-state index contributed by atoms with van der Waals surface area (Å²) in [5.41, 5.74) is 0.821. The van der Waals surface area contributed by atoms with E-state index in [1.165, 1.54) is 11.3 Å². The van der Waals surface area contributed by atoms with Crippen LogP contribution in [0.4, 0.5) is 0 Å². The molecule has 1 amide bonds. The van der Waals surface area contributed by atoms with Crippen molar-refractivity contribution in [3.63, 3.8) is 0 Å². The maximum absolute atomic E-state index is 11.7. The number of hydrogen-bond donors (Lipinski definition) is 1. The molecular formula is C10H15BrN2OS. The van der Waals surface area contributed by atoms with E-state index in [0.29, 0.717) is 12.5 Å². The second-order valence-corrected chi connectivity index (χ2v) is 5.47. The molecule has 0 saturated carbocycles. The number of thiazole rings is 1. The van der Waals surface area contributed by atoms with Gasteiger partial charge in [0, 0.05) is 11.9 Å². The Morgan fingerprint density at radius 3 is 2.73 bits per heavy atom. The first-order valence-corrected chi connectivity index (χ1v) is 6.76. The zero-order valence-corrected chi connectivity index (χ0v) is 11.5. The highest BCUT2D eigenvalue weighted by Gasteiger charge is 2.13. The van der Waals surface area contributed by atoms with E-state index in [-0.39, 0.29) is 5.91 Å². The Labute approximate surface area is 102 Å². The zero-order valence-electron chi connectivity index (χ0n) is 9.13. The Morgan fingerprint density at radius 1 is 1.60 bits per heavy atom. The van der Waals surface area contributed by atoms with E-state index in [4.69, 9.17) is 0 Å². The van der Waals surface area contributed by atoms with E-state index in [0.717, 1.165) is 20.9 Å². The quantitative estimate of drug-likeness (QED) is 0.866.